The smallest absolute Gasteiger partial charge is 0.328 e. The van der Waals surface area contributed by atoms with Gasteiger partial charge in [-0.1, -0.05) is 41.4 Å². The van der Waals surface area contributed by atoms with Crippen molar-refractivity contribution in [1.82, 2.24) is 20.0 Å². The van der Waals surface area contributed by atoms with Crippen molar-refractivity contribution in [3.63, 3.8) is 0 Å². The maximum absolute atomic E-state index is 13.5. The van der Waals surface area contributed by atoms with E-state index < -0.39 is 6.04 Å². The van der Waals surface area contributed by atoms with Crippen LogP contribution in [-0.2, 0) is 11.3 Å². The minimum absolute atomic E-state index is 0.184. The molecule has 162 valence electrons. The lowest BCUT2D eigenvalue weighted by molar-refractivity contribution is -0.139. The Kier molecular flexibility index (Phi) is 5.30. The highest BCUT2D eigenvalue weighted by Gasteiger charge is 2.56. The number of imide groups is 1. The van der Waals surface area contributed by atoms with Crippen molar-refractivity contribution in [2.24, 2.45) is 0 Å². The molecule has 9 heteroatoms. The summed E-state index contributed by atoms with van der Waals surface area (Å²) in [6, 6.07) is 14.2. The van der Waals surface area contributed by atoms with E-state index in [1.807, 2.05) is 36.4 Å². The average Bonchev–Trinajstić information content (AvgIpc) is 3.15. The van der Waals surface area contributed by atoms with Gasteiger partial charge >= 0.3 is 6.03 Å². The Hall–Kier alpha value is -2.32. The van der Waals surface area contributed by atoms with Crippen LogP contribution in [0.25, 0.3) is 0 Å². The fourth-order valence-corrected chi connectivity index (χ4v) is 5.20. The quantitative estimate of drug-likeness (QED) is 0.763. The van der Waals surface area contributed by atoms with Gasteiger partial charge < -0.3 is 9.80 Å². The first-order valence-electron chi connectivity index (χ1n) is 10.3. The molecule has 7 nitrogen and oxygen atoms in total. The van der Waals surface area contributed by atoms with Crippen LogP contribution in [0.3, 0.4) is 0 Å². The second-order valence-electron chi connectivity index (χ2n) is 8.14. The number of nitrogens with zero attached hydrogens (tertiary/aromatic N) is 4. The number of rotatable bonds is 3. The lowest BCUT2D eigenvalue weighted by Crippen LogP contribution is -2.66. The highest BCUT2D eigenvalue weighted by molar-refractivity contribution is 6.31. The molecule has 0 aromatic heterocycles. The SMILES string of the molecule is CN1C(=O)N(Cc2cccc(Cl)c2)C(=O)C2C1NC1N(c3cccc(Cl)c3)CCCN21. The first-order chi connectivity index (χ1) is 14.9. The fourth-order valence-electron chi connectivity index (χ4n) is 4.80. The third-order valence-corrected chi connectivity index (χ3v) is 6.71. The number of urea groups is 1. The summed E-state index contributed by atoms with van der Waals surface area (Å²) in [5.74, 6) is -0.184. The number of nitrogens with one attached hydrogen (secondary N) is 1. The van der Waals surface area contributed by atoms with Crippen molar-refractivity contribution in [2.75, 3.05) is 25.0 Å². The molecule has 0 aliphatic carbocycles. The number of carbonyl (C=O) groups excluding carboxylic acids is 2. The van der Waals surface area contributed by atoms with Gasteiger partial charge in [0.25, 0.3) is 5.91 Å². The third-order valence-electron chi connectivity index (χ3n) is 6.24. The minimum atomic E-state index is -0.450. The molecule has 3 amide bonds. The van der Waals surface area contributed by atoms with Gasteiger partial charge in [-0.05, 0) is 42.3 Å². The molecule has 0 spiro atoms. The van der Waals surface area contributed by atoms with Crippen LogP contribution in [0.4, 0.5) is 10.5 Å². The lowest BCUT2D eigenvalue weighted by Gasteiger charge is -2.44. The van der Waals surface area contributed by atoms with Gasteiger partial charge in [-0.2, -0.15) is 0 Å². The number of halogens is 2. The number of carbonyl (C=O) groups is 2. The Balaban J connectivity index is 1.44. The summed E-state index contributed by atoms with van der Waals surface area (Å²) in [4.78, 5) is 33.9. The molecule has 3 aliphatic heterocycles. The predicted octanol–water partition coefficient (Wildman–Crippen LogP) is 3.18. The maximum atomic E-state index is 13.5. The van der Waals surface area contributed by atoms with Crippen molar-refractivity contribution >= 4 is 40.8 Å². The Bertz CT molecular complexity index is 1030. The van der Waals surface area contributed by atoms with E-state index in [1.165, 1.54) is 4.90 Å². The van der Waals surface area contributed by atoms with Gasteiger partial charge in [0.15, 0.2) is 0 Å². The molecule has 0 saturated carbocycles. The van der Waals surface area contributed by atoms with E-state index in [9.17, 15) is 9.59 Å². The summed E-state index contributed by atoms with van der Waals surface area (Å²) in [5.41, 5.74) is 1.81. The van der Waals surface area contributed by atoms with E-state index in [0.717, 1.165) is 30.8 Å². The van der Waals surface area contributed by atoms with E-state index in [0.29, 0.717) is 10.0 Å². The van der Waals surface area contributed by atoms with Crippen LogP contribution in [0, 0.1) is 0 Å². The lowest BCUT2D eigenvalue weighted by atomic mass is 10.1. The second kappa shape index (κ2) is 7.98. The molecule has 2 aromatic carbocycles. The largest absolute Gasteiger partial charge is 0.343 e. The number of fused-ring (bicyclic) bond motifs is 3. The van der Waals surface area contributed by atoms with E-state index in [-0.39, 0.29) is 30.9 Å². The third kappa shape index (κ3) is 3.55. The molecule has 3 atom stereocenters. The molecular formula is C22H23Cl2N5O2. The second-order valence-corrected chi connectivity index (χ2v) is 9.02. The van der Waals surface area contributed by atoms with E-state index in [2.05, 4.69) is 15.1 Å². The van der Waals surface area contributed by atoms with Gasteiger partial charge in [-0.15, -0.1) is 0 Å². The number of anilines is 1. The molecule has 5 rings (SSSR count). The molecule has 3 heterocycles. The summed E-state index contributed by atoms with van der Waals surface area (Å²) in [7, 11) is 1.74. The number of benzene rings is 2. The molecule has 2 aromatic rings. The molecule has 3 saturated heterocycles. The Morgan fingerprint density at radius 3 is 2.52 bits per heavy atom. The number of likely N-dealkylation sites (N-methyl/N-ethyl adjacent to an activating group) is 1. The molecular weight excluding hydrogens is 437 g/mol. The first kappa shape index (κ1) is 20.6. The zero-order valence-electron chi connectivity index (χ0n) is 17.0. The molecule has 0 radical (unpaired) electrons. The zero-order chi connectivity index (χ0) is 21.7. The molecule has 31 heavy (non-hydrogen) atoms. The van der Waals surface area contributed by atoms with E-state index in [1.54, 1.807) is 24.1 Å². The van der Waals surface area contributed by atoms with Crippen molar-refractivity contribution in [3.8, 4) is 0 Å². The summed E-state index contributed by atoms with van der Waals surface area (Å²) in [5, 5.41) is 4.76. The molecule has 0 bridgehead atoms. The van der Waals surface area contributed by atoms with E-state index in [4.69, 9.17) is 23.2 Å². The highest BCUT2D eigenvalue weighted by atomic mass is 35.5. The van der Waals surface area contributed by atoms with Crippen LogP contribution in [0.15, 0.2) is 48.5 Å². The monoisotopic (exact) mass is 459 g/mol. The Morgan fingerprint density at radius 1 is 1.03 bits per heavy atom. The van der Waals surface area contributed by atoms with Crippen molar-refractivity contribution < 1.29 is 9.59 Å². The Labute approximate surface area is 191 Å². The van der Waals surface area contributed by atoms with Crippen LogP contribution < -0.4 is 10.2 Å². The number of hydrogen-bond acceptors (Lipinski definition) is 5. The highest BCUT2D eigenvalue weighted by Crippen LogP contribution is 2.34. The van der Waals surface area contributed by atoms with Gasteiger partial charge in [0.1, 0.15) is 18.5 Å². The molecule has 1 N–H and O–H groups in total. The summed E-state index contributed by atoms with van der Waals surface area (Å²) in [6.07, 6.45) is 0.334. The normalized spacial score (nSPS) is 26.3. The van der Waals surface area contributed by atoms with Crippen LogP contribution in [0.1, 0.15) is 12.0 Å². The Morgan fingerprint density at radius 2 is 1.77 bits per heavy atom. The number of amides is 3. The van der Waals surface area contributed by atoms with Crippen LogP contribution in [0.2, 0.25) is 10.0 Å². The van der Waals surface area contributed by atoms with Crippen LogP contribution in [0.5, 0.6) is 0 Å². The van der Waals surface area contributed by atoms with Crippen molar-refractivity contribution in [3.05, 3.63) is 64.1 Å². The molecule has 3 fully saturated rings. The van der Waals surface area contributed by atoms with Crippen molar-refractivity contribution in [2.45, 2.75) is 31.5 Å². The standard InChI is InChI=1S/C22H23Cl2N5O2/c1-26-19-18(20(30)29(22(26)31)13-14-5-2-6-15(23)11-14)28-10-4-9-27(21(28)25-19)17-8-3-7-16(24)12-17/h2-3,5-8,11-12,18-19,21,25H,4,9-10,13H2,1H3. The first-order valence-corrected chi connectivity index (χ1v) is 11.1. The average molecular weight is 460 g/mol. The van der Waals surface area contributed by atoms with E-state index >= 15 is 0 Å². The molecule has 3 unspecified atom stereocenters. The molecule has 3 aliphatic rings. The summed E-state index contributed by atoms with van der Waals surface area (Å²) < 4.78 is 0. The van der Waals surface area contributed by atoms with Gasteiger partial charge in [0.2, 0.25) is 0 Å². The van der Waals surface area contributed by atoms with Gasteiger partial charge in [-0.25, -0.2) is 4.79 Å². The maximum Gasteiger partial charge on any atom is 0.328 e. The topological polar surface area (TPSA) is 59.1 Å². The van der Waals surface area contributed by atoms with Crippen molar-refractivity contribution in [1.29, 1.82) is 0 Å². The van der Waals surface area contributed by atoms with Gasteiger partial charge in [0.05, 0.1) is 6.54 Å². The summed E-state index contributed by atoms with van der Waals surface area (Å²) >= 11 is 12.3. The fraction of sp³-hybridized carbons (Fsp3) is 0.364. The van der Waals surface area contributed by atoms with Gasteiger partial charge in [0, 0.05) is 35.9 Å². The van der Waals surface area contributed by atoms with Gasteiger partial charge in [-0.3, -0.25) is 19.9 Å². The predicted molar refractivity (Wildman–Crippen MR) is 120 cm³/mol. The zero-order valence-corrected chi connectivity index (χ0v) is 18.6. The summed E-state index contributed by atoms with van der Waals surface area (Å²) in [6.45, 7) is 1.81. The van der Waals surface area contributed by atoms with Crippen LogP contribution >= 0.6 is 23.2 Å². The minimum Gasteiger partial charge on any atom is -0.343 e. The number of hydrogen-bond donors (Lipinski definition) is 1. The van der Waals surface area contributed by atoms with Crippen LogP contribution in [-0.4, -0.2) is 65.3 Å².